The van der Waals surface area contributed by atoms with Crippen LogP contribution in [0.3, 0.4) is 0 Å². The van der Waals surface area contributed by atoms with Gasteiger partial charge in [0.15, 0.2) is 0 Å². The van der Waals surface area contributed by atoms with Crippen molar-refractivity contribution in [1.29, 1.82) is 5.26 Å². The molecule has 4 nitrogen and oxygen atoms in total. The van der Waals surface area contributed by atoms with Crippen molar-refractivity contribution in [3.63, 3.8) is 0 Å². The van der Waals surface area contributed by atoms with Crippen LogP contribution in [-0.4, -0.2) is 27.7 Å². The smallest absolute Gasteiger partial charge is 0.140 e. The zero-order valence-electron chi connectivity index (χ0n) is 9.46. The van der Waals surface area contributed by atoms with Crippen LogP contribution in [0.4, 0.5) is 0 Å². The van der Waals surface area contributed by atoms with Gasteiger partial charge in [-0.1, -0.05) is 0 Å². The van der Waals surface area contributed by atoms with Crippen molar-refractivity contribution in [1.82, 2.24) is 4.98 Å². The van der Waals surface area contributed by atoms with E-state index in [9.17, 15) is 4.21 Å². The standard InChI is InChI=1S/C12H14N2O2S/c13-7-11-6-10(3-4-14-11)8-17(15)9-12-2-1-5-16-12/h3-4,6,12H,1-2,5,8-9H2. The summed E-state index contributed by atoms with van der Waals surface area (Å²) in [6.07, 6.45) is 3.80. The van der Waals surface area contributed by atoms with Crippen molar-refractivity contribution in [2.45, 2.75) is 24.7 Å². The van der Waals surface area contributed by atoms with Gasteiger partial charge in [0.05, 0.1) is 11.9 Å². The Morgan fingerprint density at radius 2 is 2.53 bits per heavy atom. The van der Waals surface area contributed by atoms with Crippen LogP contribution in [-0.2, 0) is 21.3 Å². The molecule has 0 amide bonds. The topological polar surface area (TPSA) is 63.0 Å². The maximum Gasteiger partial charge on any atom is 0.140 e. The third-order valence-electron chi connectivity index (χ3n) is 2.66. The van der Waals surface area contributed by atoms with Gasteiger partial charge in [-0.2, -0.15) is 5.26 Å². The van der Waals surface area contributed by atoms with Gasteiger partial charge in [0.1, 0.15) is 11.8 Å². The highest BCUT2D eigenvalue weighted by atomic mass is 32.2. The van der Waals surface area contributed by atoms with Gasteiger partial charge < -0.3 is 4.74 Å². The molecule has 1 fully saturated rings. The summed E-state index contributed by atoms with van der Waals surface area (Å²) in [5, 5.41) is 8.72. The maximum atomic E-state index is 11.9. The predicted octanol–water partition coefficient (Wildman–Crippen LogP) is 1.38. The Morgan fingerprint density at radius 1 is 1.65 bits per heavy atom. The monoisotopic (exact) mass is 250 g/mol. The zero-order valence-corrected chi connectivity index (χ0v) is 10.3. The molecule has 1 aliphatic heterocycles. The number of pyridine rings is 1. The minimum atomic E-state index is -0.933. The molecule has 2 rings (SSSR count). The molecule has 2 unspecified atom stereocenters. The zero-order chi connectivity index (χ0) is 12.1. The molecule has 0 aromatic carbocycles. The predicted molar refractivity (Wildman–Crippen MR) is 64.6 cm³/mol. The minimum Gasteiger partial charge on any atom is -0.377 e. The van der Waals surface area contributed by atoms with Crippen molar-refractivity contribution < 1.29 is 8.95 Å². The highest BCUT2D eigenvalue weighted by molar-refractivity contribution is 7.84. The molecule has 0 N–H and O–H groups in total. The third-order valence-corrected chi connectivity index (χ3v) is 4.06. The average molecular weight is 250 g/mol. The number of aromatic nitrogens is 1. The molecule has 1 aromatic heterocycles. The fourth-order valence-electron chi connectivity index (χ4n) is 1.85. The van der Waals surface area contributed by atoms with Crippen LogP contribution in [0.25, 0.3) is 0 Å². The Bertz CT molecular complexity index is 450. The number of ether oxygens (including phenoxy) is 1. The Morgan fingerprint density at radius 3 is 3.24 bits per heavy atom. The fourth-order valence-corrected chi connectivity index (χ4v) is 3.20. The van der Waals surface area contributed by atoms with Crippen LogP contribution in [0.5, 0.6) is 0 Å². The molecule has 0 spiro atoms. The number of hydrogen-bond acceptors (Lipinski definition) is 4. The molecular weight excluding hydrogens is 236 g/mol. The first-order chi connectivity index (χ1) is 8.28. The molecule has 1 aliphatic rings. The first-order valence-corrected chi connectivity index (χ1v) is 7.08. The molecule has 17 heavy (non-hydrogen) atoms. The highest BCUT2D eigenvalue weighted by Gasteiger charge is 2.18. The molecule has 0 radical (unpaired) electrons. The van der Waals surface area contributed by atoms with Crippen LogP contribution < -0.4 is 0 Å². The van der Waals surface area contributed by atoms with Crippen molar-refractivity contribution >= 4 is 10.8 Å². The third kappa shape index (κ3) is 3.62. The second-order valence-electron chi connectivity index (χ2n) is 4.05. The average Bonchev–Trinajstić information content (AvgIpc) is 2.82. The van der Waals surface area contributed by atoms with E-state index in [1.165, 1.54) is 0 Å². The Balaban J connectivity index is 1.91. The highest BCUT2D eigenvalue weighted by Crippen LogP contribution is 2.14. The summed E-state index contributed by atoms with van der Waals surface area (Å²) in [6.45, 7) is 0.787. The van der Waals surface area contributed by atoms with Gasteiger partial charge >= 0.3 is 0 Å². The molecule has 2 atom stereocenters. The van der Waals surface area contributed by atoms with E-state index in [1.807, 2.05) is 6.07 Å². The van der Waals surface area contributed by atoms with Crippen molar-refractivity contribution in [3.05, 3.63) is 29.6 Å². The van der Waals surface area contributed by atoms with E-state index in [0.29, 0.717) is 17.2 Å². The van der Waals surface area contributed by atoms with E-state index >= 15 is 0 Å². The first kappa shape index (κ1) is 12.2. The molecule has 5 heteroatoms. The summed E-state index contributed by atoms with van der Waals surface area (Å²) in [6, 6.07) is 5.47. The maximum absolute atomic E-state index is 11.9. The van der Waals surface area contributed by atoms with Gasteiger partial charge in [0, 0.05) is 29.4 Å². The van der Waals surface area contributed by atoms with Crippen LogP contribution >= 0.6 is 0 Å². The van der Waals surface area contributed by atoms with E-state index in [2.05, 4.69) is 4.98 Å². The van der Waals surface area contributed by atoms with E-state index < -0.39 is 10.8 Å². The molecule has 0 bridgehead atoms. The summed E-state index contributed by atoms with van der Waals surface area (Å²) < 4.78 is 17.3. The van der Waals surface area contributed by atoms with E-state index in [1.54, 1.807) is 18.3 Å². The normalized spacial score (nSPS) is 21.0. The summed E-state index contributed by atoms with van der Waals surface area (Å²) in [7, 11) is -0.933. The molecule has 90 valence electrons. The van der Waals surface area contributed by atoms with E-state index in [-0.39, 0.29) is 6.10 Å². The number of nitrogens with zero attached hydrogens (tertiary/aromatic N) is 2. The summed E-state index contributed by atoms with van der Waals surface area (Å²) in [4.78, 5) is 3.88. The quantitative estimate of drug-likeness (QED) is 0.810. The molecule has 1 aromatic rings. The summed E-state index contributed by atoms with van der Waals surface area (Å²) in [5.74, 6) is 1.06. The Kier molecular flexibility index (Phi) is 4.24. The molecule has 1 saturated heterocycles. The second kappa shape index (κ2) is 5.89. The minimum absolute atomic E-state index is 0.146. The van der Waals surface area contributed by atoms with Gasteiger partial charge in [-0.05, 0) is 30.5 Å². The lowest BCUT2D eigenvalue weighted by molar-refractivity contribution is 0.128. The van der Waals surface area contributed by atoms with Crippen molar-refractivity contribution in [3.8, 4) is 6.07 Å². The second-order valence-corrected chi connectivity index (χ2v) is 5.55. The van der Waals surface area contributed by atoms with E-state index in [4.69, 9.17) is 10.00 Å². The first-order valence-electron chi connectivity index (χ1n) is 5.59. The van der Waals surface area contributed by atoms with Crippen LogP contribution in [0.1, 0.15) is 24.1 Å². The number of hydrogen-bond donors (Lipinski definition) is 0. The number of rotatable bonds is 4. The Hall–Kier alpha value is -1.25. The Labute approximate surface area is 103 Å². The lowest BCUT2D eigenvalue weighted by atomic mass is 10.2. The van der Waals surface area contributed by atoms with Gasteiger partial charge in [0.25, 0.3) is 0 Å². The SMILES string of the molecule is N#Cc1cc(CS(=O)CC2CCCO2)ccn1. The van der Waals surface area contributed by atoms with E-state index in [0.717, 1.165) is 25.0 Å². The van der Waals surface area contributed by atoms with Crippen LogP contribution in [0.2, 0.25) is 0 Å². The van der Waals surface area contributed by atoms with Crippen LogP contribution in [0, 0.1) is 11.3 Å². The molecular formula is C12H14N2O2S. The van der Waals surface area contributed by atoms with Gasteiger partial charge in [-0.15, -0.1) is 0 Å². The largest absolute Gasteiger partial charge is 0.377 e. The molecule has 0 saturated carbocycles. The van der Waals surface area contributed by atoms with Crippen molar-refractivity contribution in [2.24, 2.45) is 0 Å². The van der Waals surface area contributed by atoms with Gasteiger partial charge in [0.2, 0.25) is 0 Å². The van der Waals surface area contributed by atoms with Crippen molar-refractivity contribution in [2.75, 3.05) is 12.4 Å². The molecule has 0 aliphatic carbocycles. The van der Waals surface area contributed by atoms with Crippen LogP contribution in [0.15, 0.2) is 18.3 Å². The van der Waals surface area contributed by atoms with Gasteiger partial charge in [-0.25, -0.2) is 4.98 Å². The summed E-state index contributed by atoms with van der Waals surface area (Å²) >= 11 is 0. The fraction of sp³-hybridized carbons (Fsp3) is 0.500. The number of nitriles is 1. The van der Waals surface area contributed by atoms with Gasteiger partial charge in [-0.3, -0.25) is 4.21 Å². The summed E-state index contributed by atoms with van der Waals surface area (Å²) in [5.41, 5.74) is 1.27. The molecule has 2 heterocycles. The lowest BCUT2D eigenvalue weighted by Gasteiger charge is -2.08. The lowest BCUT2D eigenvalue weighted by Crippen LogP contribution is -2.16.